The molecule has 4 rings (SSSR count). The van der Waals surface area contributed by atoms with Gasteiger partial charge in [-0.05, 0) is 36.1 Å². The van der Waals surface area contributed by atoms with E-state index in [1.807, 2.05) is 55.5 Å². The van der Waals surface area contributed by atoms with Gasteiger partial charge in [-0.3, -0.25) is 9.36 Å². The molecule has 0 unspecified atom stereocenters. The number of nitrogens with zero attached hydrogens (tertiary/aromatic N) is 5. The first-order valence-corrected chi connectivity index (χ1v) is 9.90. The van der Waals surface area contributed by atoms with Gasteiger partial charge in [-0.2, -0.15) is 5.26 Å². The summed E-state index contributed by atoms with van der Waals surface area (Å²) in [6.07, 6.45) is 1.51. The Bertz CT molecular complexity index is 1450. The summed E-state index contributed by atoms with van der Waals surface area (Å²) in [6.45, 7) is 9.25. The first kappa shape index (κ1) is 20.6. The highest BCUT2D eigenvalue weighted by Crippen LogP contribution is 2.29. The van der Waals surface area contributed by atoms with Crippen LogP contribution in [0, 0.1) is 17.9 Å². The molecule has 0 bridgehead atoms. The lowest BCUT2D eigenvalue weighted by atomic mass is 10.0. The van der Waals surface area contributed by atoms with Crippen molar-refractivity contribution in [3.05, 3.63) is 93.8 Å². The zero-order valence-electron chi connectivity index (χ0n) is 17.3. The molecule has 0 amide bonds. The highest BCUT2D eigenvalue weighted by atomic mass is 16.1. The Morgan fingerprint density at radius 1 is 1.25 bits per heavy atom. The largest absolute Gasteiger partial charge is 0.371 e. The second-order valence-corrected chi connectivity index (χ2v) is 7.20. The minimum atomic E-state index is -0.401. The molecular weight excluding hydrogens is 402 g/mol. The first-order valence-electron chi connectivity index (χ1n) is 9.90. The molecule has 0 saturated carbocycles. The normalized spacial score (nSPS) is 11.5. The van der Waals surface area contributed by atoms with Gasteiger partial charge in [0.05, 0.1) is 30.5 Å². The zero-order chi connectivity index (χ0) is 22.7. The SMILES string of the molecule is [C-]#[N+]c1cnc(N)nc1N[C@@H](C)c1cc2cccc(CC#N)c2c(=O)n1-c1ccccc1. The first-order chi connectivity index (χ1) is 15.5. The highest BCUT2D eigenvalue weighted by molar-refractivity contribution is 5.86. The van der Waals surface area contributed by atoms with Crippen molar-refractivity contribution in [3.63, 3.8) is 0 Å². The van der Waals surface area contributed by atoms with Gasteiger partial charge in [0.2, 0.25) is 11.6 Å². The van der Waals surface area contributed by atoms with Gasteiger partial charge in [0.25, 0.3) is 5.56 Å². The predicted molar refractivity (Wildman–Crippen MR) is 124 cm³/mol. The number of hydrogen-bond acceptors (Lipinski definition) is 6. The summed E-state index contributed by atoms with van der Waals surface area (Å²) < 4.78 is 1.63. The van der Waals surface area contributed by atoms with E-state index in [4.69, 9.17) is 12.3 Å². The van der Waals surface area contributed by atoms with Crippen LogP contribution in [0.4, 0.5) is 17.5 Å². The molecule has 8 nitrogen and oxygen atoms in total. The summed E-state index contributed by atoms with van der Waals surface area (Å²) in [4.78, 5) is 25.2. The Labute approximate surface area is 184 Å². The van der Waals surface area contributed by atoms with E-state index in [0.29, 0.717) is 28.1 Å². The number of para-hydroxylation sites is 1. The van der Waals surface area contributed by atoms with Gasteiger partial charge in [-0.1, -0.05) is 36.4 Å². The van der Waals surface area contributed by atoms with Crippen molar-refractivity contribution in [2.75, 3.05) is 11.1 Å². The van der Waals surface area contributed by atoms with Crippen LogP contribution in [0.2, 0.25) is 0 Å². The van der Waals surface area contributed by atoms with Crippen molar-refractivity contribution < 1.29 is 0 Å². The quantitative estimate of drug-likeness (QED) is 0.468. The molecule has 0 saturated heterocycles. The van der Waals surface area contributed by atoms with E-state index in [1.165, 1.54) is 6.20 Å². The van der Waals surface area contributed by atoms with E-state index in [1.54, 1.807) is 10.6 Å². The Kier molecular flexibility index (Phi) is 5.52. The van der Waals surface area contributed by atoms with Gasteiger partial charge in [0, 0.05) is 17.6 Å². The lowest BCUT2D eigenvalue weighted by Gasteiger charge is -2.22. The van der Waals surface area contributed by atoms with E-state index in [-0.39, 0.29) is 23.6 Å². The zero-order valence-corrected chi connectivity index (χ0v) is 17.3. The maximum atomic E-state index is 13.7. The summed E-state index contributed by atoms with van der Waals surface area (Å²) in [5.41, 5.74) is 7.79. The molecule has 32 heavy (non-hydrogen) atoms. The smallest absolute Gasteiger partial charge is 0.263 e. The van der Waals surface area contributed by atoms with E-state index < -0.39 is 6.04 Å². The van der Waals surface area contributed by atoms with Gasteiger partial charge < -0.3 is 11.1 Å². The average Bonchev–Trinajstić information content (AvgIpc) is 2.80. The topological polar surface area (TPSA) is 114 Å². The minimum Gasteiger partial charge on any atom is -0.371 e. The monoisotopic (exact) mass is 421 g/mol. The molecular formula is C24H19N7O. The lowest BCUT2D eigenvalue weighted by molar-refractivity contribution is 0.773. The van der Waals surface area contributed by atoms with Gasteiger partial charge in [-0.15, -0.1) is 0 Å². The molecule has 0 aliphatic heterocycles. The lowest BCUT2D eigenvalue weighted by Crippen LogP contribution is -2.26. The number of aromatic nitrogens is 3. The molecule has 0 aliphatic rings. The Morgan fingerprint density at radius 3 is 2.75 bits per heavy atom. The maximum Gasteiger partial charge on any atom is 0.263 e. The molecule has 0 spiro atoms. The molecule has 156 valence electrons. The molecule has 2 heterocycles. The standard InChI is InChI=1S/C24H19N7O/c1-15(29-22-19(27-2)14-28-24(26)30-22)20-13-17-8-6-7-16(11-12-25)21(17)23(32)31(20)18-9-4-3-5-10-18/h3-10,13-15H,11H2,1H3,(H3,26,28,29,30)/t15-/m0/s1. The molecule has 0 aliphatic carbocycles. The van der Waals surface area contributed by atoms with Crippen LogP contribution in [0.5, 0.6) is 0 Å². The second kappa shape index (κ2) is 8.58. The van der Waals surface area contributed by atoms with Crippen LogP contribution >= 0.6 is 0 Å². The molecule has 1 atom stereocenters. The number of benzene rings is 2. The van der Waals surface area contributed by atoms with Crippen LogP contribution < -0.4 is 16.6 Å². The van der Waals surface area contributed by atoms with Crippen LogP contribution in [-0.2, 0) is 6.42 Å². The van der Waals surface area contributed by atoms with E-state index in [2.05, 4.69) is 26.2 Å². The molecule has 4 aromatic rings. The Balaban J connectivity index is 1.95. The number of nitriles is 1. The molecule has 3 N–H and O–H groups in total. The van der Waals surface area contributed by atoms with E-state index in [9.17, 15) is 10.1 Å². The fourth-order valence-corrected chi connectivity index (χ4v) is 3.70. The fourth-order valence-electron chi connectivity index (χ4n) is 3.70. The van der Waals surface area contributed by atoms with Gasteiger partial charge >= 0.3 is 0 Å². The summed E-state index contributed by atoms with van der Waals surface area (Å²) in [5.74, 6) is 0.345. The number of anilines is 2. The molecule has 8 heteroatoms. The van der Waals surface area contributed by atoms with Gasteiger partial charge in [0.15, 0.2) is 0 Å². The fraction of sp³-hybridized carbons (Fsp3) is 0.125. The number of nitrogen functional groups attached to an aromatic ring is 1. The third kappa shape index (κ3) is 3.73. The van der Waals surface area contributed by atoms with Gasteiger partial charge in [-0.25, -0.2) is 14.8 Å². The van der Waals surface area contributed by atoms with Gasteiger partial charge in [0.1, 0.15) is 5.82 Å². The summed E-state index contributed by atoms with van der Waals surface area (Å²) in [6, 6.07) is 18.4. The van der Waals surface area contributed by atoms with Crippen molar-refractivity contribution in [1.29, 1.82) is 5.26 Å². The molecule has 0 radical (unpaired) electrons. The number of nitrogens with one attached hydrogen (secondary N) is 1. The van der Waals surface area contributed by atoms with Crippen LogP contribution in [-0.4, -0.2) is 14.5 Å². The Morgan fingerprint density at radius 2 is 2.03 bits per heavy atom. The molecule has 2 aromatic heterocycles. The van der Waals surface area contributed by atoms with Crippen LogP contribution in [0.3, 0.4) is 0 Å². The van der Waals surface area contributed by atoms with Crippen molar-refractivity contribution >= 4 is 28.2 Å². The van der Waals surface area contributed by atoms with Crippen LogP contribution in [0.1, 0.15) is 24.2 Å². The third-order valence-corrected chi connectivity index (χ3v) is 5.15. The number of fused-ring (bicyclic) bond motifs is 1. The summed E-state index contributed by atoms with van der Waals surface area (Å²) in [7, 11) is 0. The number of hydrogen-bond donors (Lipinski definition) is 2. The predicted octanol–water partition coefficient (Wildman–Crippen LogP) is 4.15. The Hall–Kier alpha value is -4.69. The van der Waals surface area contributed by atoms with Crippen LogP contribution in [0.25, 0.3) is 21.3 Å². The van der Waals surface area contributed by atoms with Crippen molar-refractivity contribution in [2.45, 2.75) is 19.4 Å². The van der Waals surface area contributed by atoms with Crippen molar-refractivity contribution in [1.82, 2.24) is 14.5 Å². The van der Waals surface area contributed by atoms with Crippen molar-refractivity contribution in [3.8, 4) is 11.8 Å². The van der Waals surface area contributed by atoms with Crippen LogP contribution in [0.15, 0.2) is 65.6 Å². The highest BCUT2D eigenvalue weighted by Gasteiger charge is 2.19. The summed E-state index contributed by atoms with van der Waals surface area (Å²) in [5, 5.41) is 13.7. The van der Waals surface area contributed by atoms with Crippen molar-refractivity contribution in [2.24, 2.45) is 0 Å². The molecule has 0 fully saturated rings. The molecule has 2 aromatic carbocycles. The second-order valence-electron chi connectivity index (χ2n) is 7.20. The number of nitrogens with two attached hydrogens (primary N) is 1. The average molecular weight is 421 g/mol. The van der Waals surface area contributed by atoms with E-state index in [0.717, 1.165) is 5.39 Å². The number of rotatable bonds is 5. The maximum absolute atomic E-state index is 13.7. The third-order valence-electron chi connectivity index (χ3n) is 5.15. The minimum absolute atomic E-state index is 0.0483. The summed E-state index contributed by atoms with van der Waals surface area (Å²) >= 11 is 0. The van der Waals surface area contributed by atoms with E-state index >= 15 is 0 Å². The number of pyridine rings is 1.